The summed E-state index contributed by atoms with van der Waals surface area (Å²) in [5.41, 5.74) is 2.69. The molecule has 0 spiro atoms. The minimum atomic E-state index is -0.548. The molecule has 0 fully saturated rings. The number of benzene rings is 2. The summed E-state index contributed by atoms with van der Waals surface area (Å²) in [6.07, 6.45) is -0.548. The van der Waals surface area contributed by atoms with Crippen molar-refractivity contribution < 1.29 is 14.9 Å². The van der Waals surface area contributed by atoms with Gasteiger partial charge in [0, 0.05) is 5.56 Å². The Labute approximate surface area is 113 Å². The Morgan fingerprint density at radius 2 is 1.63 bits per heavy atom. The van der Waals surface area contributed by atoms with Crippen molar-refractivity contribution in [2.45, 2.75) is 26.2 Å². The maximum Gasteiger partial charge on any atom is 0.125 e. The van der Waals surface area contributed by atoms with Crippen LogP contribution in [0.2, 0.25) is 0 Å². The van der Waals surface area contributed by atoms with Crippen LogP contribution in [0.3, 0.4) is 0 Å². The lowest BCUT2D eigenvalue weighted by Gasteiger charge is -2.13. The second kappa shape index (κ2) is 6.36. The van der Waals surface area contributed by atoms with E-state index < -0.39 is 6.10 Å². The highest BCUT2D eigenvalue weighted by Gasteiger charge is 2.08. The molecule has 0 saturated carbocycles. The minimum absolute atomic E-state index is 0.0476. The summed E-state index contributed by atoms with van der Waals surface area (Å²) in [5, 5.41) is 18.6. The van der Waals surface area contributed by atoms with Crippen LogP contribution >= 0.6 is 0 Å². The molecule has 2 aromatic rings. The van der Waals surface area contributed by atoms with E-state index in [9.17, 15) is 5.11 Å². The van der Waals surface area contributed by atoms with Crippen LogP contribution in [0.15, 0.2) is 48.5 Å². The third-order valence-electron chi connectivity index (χ3n) is 2.97. The van der Waals surface area contributed by atoms with Crippen LogP contribution < -0.4 is 4.74 Å². The zero-order chi connectivity index (χ0) is 13.7. The number of ether oxygens (including phenoxy) is 1. The van der Waals surface area contributed by atoms with Crippen molar-refractivity contribution in [2.24, 2.45) is 0 Å². The molecular formula is C16H18O3. The molecule has 0 unspecified atom stereocenters. The van der Waals surface area contributed by atoms with Crippen LogP contribution in [0.5, 0.6) is 5.75 Å². The molecule has 0 saturated heterocycles. The van der Waals surface area contributed by atoms with Gasteiger partial charge in [-0.15, -0.1) is 0 Å². The van der Waals surface area contributed by atoms with E-state index in [1.807, 2.05) is 48.5 Å². The monoisotopic (exact) mass is 258 g/mol. The highest BCUT2D eigenvalue weighted by atomic mass is 16.5. The van der Waals surface area contributed by atoms with Crippen molar-refractivity contribution in [1.82, 2.24) is 0 Å². The number of rotatable bonds is 5. The highest BCUT2D eigenvalue weighted by Crippen LogP contribution is 2.25. The van der Waals surface area contributed by atoms with E-state index in [-0.39, 0.29) is 6.61 Å². The van der Waals surface area contributed by atoms with Gasteiger partial charge in [0.2, 0.25) is 0 Å². The fraction of sp³-hybridized carbons (Fsp3) is 0.250. The molecule has 100 valence electrons. The molecule has 0 aliphatic rings. The predicted octanol–water partition coefficient (Wildman–Crippen LogP) is 2.81. The topological polar surface area (TPSA) is 49.7 Å². The average Bonchev–Trinajstić information content (AvgIpc) is 2.46. The molecule has 1 atom stereocenters. The first-order valence-electron chi connectivity index (χ1n) is 6.29. The summed E-state index contributed by atoms with van der Waals surface area (Å²) in [6, 6.07) is 15.1. The van der Waals surface area contributed by atoms with Gasteiger partial charge in [0.1, 0.15) is 12.4 Å². The molecule has 0 amide bonds. The van der Waals surface area contributed by atoms with Crippen molar-refractivity contribution in [3.63, 3.8) is 0 Å². The van der Waals surface area contributed by atoms with E-state index in [1.54, 1.807) is 6.92 Å². The highest BCUT2D eigenvalue weighted by molar-refractivity contribution is 5.35. The van der Waals surface area contributed by atoms with Crippen LogP contribution in [0.4, 0.5) is 0 Å². The molecule has 3 heteroatoms. The van der Waals surface area contributed by atoms with Crippen LogP contribution in [0.25, 0.3) is 0 Å². The van der Waals surface area contributed by atoms with Gasteiger partial charge >= 0.3 is 0 Å². The van der Waals surface area contributed by atoms with Gasteiger partial charge < -0.3 is 14.9 Å². The van der Waals surface area contributed by atoms with Crippen LogP contribution in [0, 0.1) is 0 Å². The van der Waals surface area contributed by atoms with Gasteiger partial charge in [0.15, 0.2) is 0 Å². The maximum absolute atomic E-state index is 9.66. The number of aliphatic hydroxyl groups is 2. The van der Waals surface area contributed by atoms with Gasteiger partial charge in [-0.25, -0.2) is 0 Å². The summed E-state index contributed by atoms with van der Waals surface area (Å²) >= 11 is 0. The molecule has 0 heterocycles. The Morgan fingerprint density at radius 1 is 1.00 bits per heavy atom. The summed E-state index contributed by atoms with van der Waals surface area (Å²) in [7, 11) is 0. The smallest absolute Gasteiger partial charge is 0.125 e. The fourth-order valence-electron chi connectivity index (χ4n) is 1.86. The van der Waals surface area contributed by atoms with Gasteiger partial charge in [-0.3, -0.25) is 0 Å². The van der Waals surface area contributed by atoms with Crippen molar-refractivity contribution in [3.8, 4) is 5.75 Å². The lowest BCUT2D eigenvalue weighted by Crippen LogP contribution is -2.00. The molecule has 2 aromatic carbocycles. The van der Waals surface area contributed by atoms with Gasteiger partial charge in [0.05, 0.1) is 12.7 Å². The standard InChI is InChI=1S/C16H18O3/c1-12(18)15-4-2-3-5-16(15)19-11-14-8-6-13(10-17)7-9-14/h2-9,12,17-18H,10-11H2,1H3/t12-/m0/s1. The van der Waals surface area contributed by atoms with E-state index in [1.165, 1.54) is 0 Å². The normalized spacial score (nSPS) is 12.2. The number of hydrogen-bond donors (Lipinski definition) is 2. The Bertz CT molecular complexity index is 518. The number of aliphatic hydroxyl groups excluding tert-OH is 2. The van der Waals surface area contributed by atoms with E-state index >= 15 is 0 Å². The summed E-state index contributed by atoms with van der Waals surface area (Å²) < 4.78 is 5.74. The third kappa shape index (κ3) is 3.56. The third-order valence-corrected chi connectivity index (χ3v) is 2.97. The largest absolute Gasteiger partial charge is 0.489 e. The van der Waals surface area contributed by atoms with Gasteiger partial charge in [-0.1, -0.05) is 42.5 Å². The summed E-state index contributed by atoms with van der Waals surface area (Å²) in [5.74, 6) is 0.698. The molecule has 0 aliphatic heterocycles. The van der Waals surface area contributed by atoms with Crippen LogP contribution in [0.1, 0.15) is 29.7 Å². The molecule has 2 N–H and O–H groups in total. The number of para-hydroxylation sites is 1. The molecule has 3 nitrogen and oxygen atoms in total. The first-order chi connectivity index (χ1) is 9.20. The van der Waals surface area contributed by atoms with E-state index in [0.29, 0.717) is 12.4 Å². The van der Waals surface area contributed by atoms with Crippen LogP contribution in [-0.2, 0) is 13.2 Å². The first-order valence-corrected chi connectivity index (χ1v) is 6.29. The summed E-state index contributed by atoms with van der Waals surface area (Å²) in [6.45, 7) is 2.21. The molecular weight excluding hydrogens is 240 g/mol. The van der Waals surface area contributed by atoms with Gasteiger partial charge in [-0.05, 0) is 24.1 Å². The first kappa shape index (κ1) is 13.6. The van der Waals surface area contributed by atoms with Crippen molar-refractivity contribution >= 4 is 0 Å². The molecule has 19 heavy (non-hydrogen) atoms. The van der Waals surface area contributed by atoms with Gasteiger partial charge in [-0.2, -0.15) is 0 Å². The van der Waals surface area contributed by atoms with Crippen molar-refractivity contribution in [2.75, 3.05) is 0 Å². The fourth-order valence-corrected chi connectivity index (χ4v) is 1.86. The molecule has 2 rings (SSSR count). The molecule has 0 bridgehead atoms. The molecule has 0 aliphatic carbocycles. The van der Waals surface area contributed by atoms with Crippen molar-refractivity contribution in [1.29, 1.82) is 0 Å². The second-order valence-electron chi connectivity index (χ2n) is 4.48. The van der Waals surface area contributed by atoms with Crippen LogP contribution in [-0.4, -0.2) is 10.2 Å². The Kier molecular flexibility index (Phi) is 4.55. The quantitative estimate of drug-likeness (QED) is 0.867. The molecule has 0 radical (unpaired) electrons. The number of hydrogen-bond acceptors (Lipinski definition) is 3. The van der Waals surface area contributed by atoms with Crippen molar-refractivity contribution in [3.05, 3.63) is 65.2 Å². The predicted molar refractivity (Wildman–Crippen MR) is 73.8 cm³/mol. The zero-order valence-electron chi connectivity index (χ0n) is 10.9. The second-order valence-corrected chi connectivity index (χ2v) is 4.48. The Balaban J connectivity index is 2.05. The Hall–Kier alpha value is -1.84. The lowest BCUT2D eigenvalue weighted by molar-refractivity contribution is 0.190. The van der Waals surface area contributed by atoms with Gasteiger partial charge in [0.25, 0.3) is 0 Å². The van der Waals surface area contributed by atoms with E-state index in [4.69, 9.17) is 9.84 Å². The van der Waals surface area contributed by atoms with E-state index in [2.05, 4.69) is 0 Å². The summed E-state index contributed by atoms with van der Waals surface area (Å²) in [4.78, 5) is 0. The zero-order valence-corrected chi connectivity index (χ0v) is 10.9. The minimum Gasteiger partial charge on any atom is -0.489 e. The molecule has 0 aromatic heterocycles. The lowest BCUT2D eigenvalue weighted by atomic mass is 10.1. The Morgan fingerprint density at radius 3 is 2.26 bits per heavy atom. The van der Waals surface area contributed by atoms with E-state index in [0.717, 1.165) is 16.7 Å². The maximum atomic E-state index is 9.66. The average molecular weight is 258 g/mol. The SMILES string of the molecule is C[C@H](O)c1ccccc1OCc1ccc(CO)cc1.